The van der Waals surface area contributed by atoms with E-state index in [2.05, 4.69) is 21.2 Å². The van der Waals surface area contributed by atoms with Gasteiger partial charge in [-0.25, -0.2) is 5.43 Å². The molecule has 0 aliphatic carbocycles. The molecule has 2 aliphatic rings. The number of hydrazine groups is 1. The number of anilines is 1. The molecule has 142 valence electrons. The largest absolute Gasteiger partial charge is 0.406 e. The summed E-state index contributed by atoms with van der Waals surface area (Å²) >= 11 is 0. The van der Waals surface area contributed by atoms with Crippen LogP contribution in [-0.2, 0) is 0 Å². The minimum atomic E-state index is -4.49. The summed E-state index contributed by atoms with van der Waals surface area (Å²) in [6.45, 7) is -0.908. The van der Waals surface area contributed by atoms with Crippen molar-refractivity contribution >= 4 is 11.6 Å². The van der Waals surface area contributed by atoms with Gasteiger partial charge in [-0.05, 0) is 23.8 Å². The van der Waals surface area contributed by atoms with Crippen LogP contribution in [0, 0.1) is 5.92 Å². The van der Waals surface area contributed by atoms with Crippen molar-refractivity contribution in [2.75, 3.05) is 18.4 Å². The SMILES string of the molecule is O=C1c2ccccc2NC(C2CNNC2c2cccnc2)N1CC(F)(F)F. The molecule has 0 bridgehead atoms. The highest BCUT2D eigenvalue weighted by Gasteiger charge is 2.46. The minimum absolute atomic E-state index is 0.245. The normalized spacial score (nSPS) is 25.2. The van der Waals surface area contributed by atoms with Crippen LogP contribution in [-0.4, -0.2) is 41.2 Å². The molecule has 1 saturated heterocycles. The van der Waals surface area contributed by atoms with Crippen molar-refractivity contribution in [2.45, 2.75) is 18.4 Å². The Kier molecular flexibility index (Phi) is 4.48. The summed E-state index contributed by atoms with van der Waals surface area (Å²) in [6, 6.07) is 9.98. The van der Waals surface area contributed by atoms with Gasteiger partial charge in [-0.15, -0.1) is 0 Å². The first kappa shape index (κ1) is 17.7. The number of pyridine rings is 1. The third-order valence-electron chi connectivity index (χ3n) is 4.88. The van der Waals surface area contributed by atoms with Gasteiger partial charge in [0.2, 0.25) is 0 Å². The van der Waals surface area contributed by atoms with Crippen LogP contribution in [0.5, 0.6) is 0 Å². The lowest BCUT2D eigenvalue weighted by molar-refractivity contribution is -0.145. The monoisotopic (exact) mass is 377 g/mol. The second kappa shape index (κ2) is 6.82. The summed E-state index contributed by atoms with van der Waals surface area (Å²) in [5, 5.41) is 3.15. The number of rotatable bonds is 3. The van der Waals surface area contributed by atoms with Crippen molar-refractivity contribution in [1.29, 1.82) is 0 Å². The van der Waals surface area contributed by atoms with Crippen LogP contribution in [0.15, 0.2) is 48.8 Å². The molecular weight excluding hydrogens is 359 g/mol. The van der Waals surface area contributed by atoms with Crippen LogP contribution >= 0.6 is 0 Å². The van der Waals surface area contributed by atoms with E-state index in [-0.39, 0.29) is 17.5 Å². The van der Waals surface area contributed by atoms with E-state index in [1.165, 1.54) is 6.07 Å². The first-order valence-corrected chi connectivity index (χ1v) is 8.55. The number of carbonyl (C=O) groups excluding carboxylic acids is 1. The molecule has 1 amide bonds. The number of halogens is 3. The maximum atomic E-state index is 13.2. The van der Waals surface area contributed by atoms with Crippen LogP contribution in [0.1, 0.15) is 22.0 Å². The van der Waals surface area contributed by atoms with E-state index < -0.39 is 24.8 Å². The lowest BCUT2D eigenvalue weighted by Crippen LogP contribution is -2.56. The van der Waals surface area contributed by atoms with Crippen molar-refractivity contribution in [3.63, 3.8) is 0 Å². The third-order valence-corrected chi connectivity index (χ3v) is 4.88. The van der Waals surface area contributed by atoms with Crippen molar-refractivity contribution in [1.82, 2.24) is 20.7 Å². The number of fused-ring (bicyclic) bond motifs is 1. The van der Waals surface area contributed by atoms with E-state index in [0.29, 0.717) is 12.2 Å². The van der Waals surface area contributed by atoms with Gasteiger partial charge in [-0.1, -0.05) is 18.2 Å². The Hall–Kier alpha value is -2.65. The molecule has 3 unspecified atom stereocenters. The summed E-state index contributed by atoms with van der Waals surface area (Å²) < 4.78 is 39.6. The Morgan fingerprint density at radius 1 is 1.19 bits per heavy atom. The summed E-state index contributed by atoms with van der Waals surface area (Å²) in [5.74, 6) is -0.947. The zero-order valence-corrected chi connectivity index (χ0v) is 14.2. The molecule has 1 fully saturated rings. The summed E-state index contributed by atoms with van der Waals surface area (Å²) in [5.41, 5.74) is 7.73. The Labute approximate surface area is 153 Å². The second-order valence-electron chi connectivity index (χ2n) is 6.64. The number of nitrogens with zero attached hydrogens (tertiary/aromatic N) is 2. The van der Waals surface area contributed by atoms with Crippen molar-refractivity contribution < 1.29 is 18.0 Å². The lowest BCUT2D eigenvalue weighted by atomic mass is 9.90. The maximum absolute atomic E-state index is 13.2. The molecule has 3 atom stereocenters. The molecule has 1 aromatic carbocycles. The van der Waals surface area contributed by atoms with E-state index in [1.54, 1.807) is 36.7 Å². The molecule has 27 heavy (non-hydrogen) atoms. The molecule has 0 radical (unpaired) electrons. The van der Waals surface area contributed by atoms with Gasteiger partial charge in [0, 0.05) is 30.5 Å². The lowest BCUT2D eigenvalue weighted by Gasteiger charge is -2.42. The molecule has 9 heteroatoms. The van der Waals surface area contributed by atoms with Gasteiger partial charge in [-0.3, -0.25) is 15.2 Å². The smallest absolute Gasteiger partial charge is 0.364 e. The molecule has 3 N–H and O–H groups in total. The Morgan fingerprint density at radius 2 is 2.00 bits per heavy atom. The van der Waals surface area contributed by atoms with Crippen LogP contribution in [0.2, 0.25) is 0 Å². The third kappa shape index (κ3) is 3.47. The highest BCUT2D eigenvalue weighted by Crippen LogP contribution is 2.36. The Balaban J connectivity index is 1.71. The van der Waals surface area contributed by atoms with Gasteiger partial charge in [0.25, 0.3) is 5.91 Å². The summed E-state index contributed by atoms with van der Waals surface area (Å²) in [7, 11) is 0. The number of amides is 1. The topological polar surface area (TPSA) is 69.3 Å². The molecule has 2 aromatic rings. The molecule has 6 nitrogen and oxygen atoms in total. The maximum Gasteiger partial charge on any atom is 0.406 e. The predicted molar refractivity (Wildman–Crippen MR) is 92.6 cm³/mol. The zero-order chi connectivity index (χ0) is 19.0. The van der Waals surface area contributed by atoms with E-state index >= 15 is 0 Å². The van der Waals surface area contributed by atoms with Crippen molar-refractivity contribution in [3.05, 3.63) is 59.9 Å². The molecule has 3 heterocycles. The number of para-hydroxylation sites is 1. The average Bonchev–Trinajstić information content (AvgIpc) is 3.13. The van der Waals surface area contributed by atoms with Gasteiger partial charge in [0.05, 0.1) is 11.6 Å². The number of hydrogen-bond donors (Lipinski definition) is 3. The highest BCUT2D eigenvalue weighted by atomic mass is 19.4. The fourth-order valence-electron chi connectivity index (χ4n) is 3.71. The van der Waals surface area contributed by atoms with Gasteiger partial charge >= 0.3 is 6.18 Å². The fraction of sp³-hybridized carbons (Fsp3) is 0.333. The fourth-order valence-corrected chi connectivity index (χ4v) is 3.71. The number of alkyl halides is 3. The van der Waals surface area contributed by atoms with Gasteiger partial charge < -0.3 is 10.2 Å². The quantitative estimate of drug-likeness (QED) is 0.766. The minimum Gasteiger partial charge on any atom is -0.364 e. The molecule has 0 saturated carbocycles. The van der Waals surface area contributed by atoms with Crippen molar-refractivity contribution in [2.24, 2.45) is 5.92 Å². The van der Waals surface area contributed by atoms with Crippen LogP contribution in [0.3, 0.4) is 0 Å². The standard InChI is InChI=1S/C18H18F3N5O/c19-18(20,21)10-26-16(24-14-6-2-1-5-12(14)17(26)27)13-9-23-25-15(13)11-4-3-7-22-8-11/h1-8,13,15-16,23-25H,9-10H2. The Bertz CT molecular complexity index is 829. The molecular formula is C18H18F3N5O. The van der Waals surface area contributed by atoms with Crippen molar-refractivity contribution in [3.8, 4) is 0 Å². The highest BCUT2D eigenvalue weighted by molar-refractivity contribution is 6.01. The summed E-state index contributed by atoms with van der Waals surface area (Å²) in [6.07, 6.45) is -2.01. The van der Waals surface area contributed by atoms with E-state index in [9.17, 15) is 18.0 Å². The van der Waals surface area contributed by atoms with Crippen LogP contribution < -0.4 is 16.2 Å². The first-order valence-electron chi connectivity index (χ1n) is 8.55. The molecule has 4 rings (SSSR count). The van der Waals surface area contributed by atoms with Crippen LogP contribution in [0.25, 0.3) is 0 Å². The van der Waals surface area contributed by atoms with Gasteiger partial charge in [-0.2, -0.15) is 13.2 Å². The molecule has 2 aliphatic heterocycles. The molecule has 1 aromatic heterocycles. The molecule has 0 spiro atoms. The number of benzene rings is 1. The number of nitrogens with one attached hydrogen (secondary N) is 3. The number of carbonyl (C=O) groups is 1. The summed E-state index contributed by atoms with van der Waals surface area (Å²) in [4.78, 5) is 17.8. The van der Waals surface area contributed by atoms with E-state index in [0.717, 1.165) is 10.5 Å². The predicted octanol–water partition coefficient (Wildman–Crippen LogP) is 2.30. The number of aromatic nitrogens is 1. The first-order chi connectivity index (χ1) is 12.9. The number of hydrogen-bond acceptors (Lipinski definition) is 5. The zero-order valence-electron chi connectivity index (χ0n) is 14.2. The Morgan fingerprint density at radius 3 is 2.74 bits per heavy atom. The van der Waals surface area contributed by atoms with Crippen LogP contribution in [0.4, 0.5) is 18.9 Å². The average molecular weight is 377 g/mol. The van der Waals surface area contributed by atoms with Gasteiger partial charge in [0.15, 0.2) is 0 Å². The second-order valence-corrected chi connectivity index (χ2v) is 6.64. The van der Waals surface area contributed by atoms with E-state index in [4.69, 9.17) is 0 Å². The van der Waals surface area contributed by atoms with E-state index in [1.807, 2.05) is 6.07 Å². The van der Waals surface area contributed by atoms with Gasteiger partial charge in [0.1, 0.15) is 12.7 Å².